The fraction of sp³-hybridized carbons (Fsp3) is 0. The van der Waals surface area contributed by atoms with E-state index in [0.29, 0.717) is 0 Å². The zero-order valence-electron chi connectivity index (χ0n) is 30.2. The monoisotopic (exact) mass is 716 g/mol. The summed E-state index contributed by atoms with van der Waals surface area (Å²) >= 11 is 0. The Bertz CT molecular complexity index is 3420. The third kappa shape index (κ3) is 4.60. The van der Waals surface area contributed by atoms with Crippen molar-refractivity contribution in [3.05, 3.63) is 194 Å². The molecule has 56 heavy (non-hydrogen) atoms. The molecule has 4 heteroatoms. The summed E-state index contributed by atoms with van der Waals surface area (Å²) in [6.07, 6.45) is 0. The van der Waals surface area contributed by atoms with Crippen LogP contribution in [0.4, 0.5) is 17.1 Å². The molecule has 0 saturated carbocycles. The molecule has 3 aromatic heterocycles. The van der Waals surface area contributed by atoms with Gasteiger partial charge in [-0.1, -0.05) is 109 Å². The molecule has 4 nitrogen and oxygen atoms in total. The molecule has 0 spiro atoms. The Kier molecular flexibility index (Phi) is 6.60. The molecule has 0 fully saturated rings. The number of furan rings is 2. The van der Waals surface area contributed by atoms with Crippen LogP contribution in [0.15, 0.2) is 203 Å². The first-order valence-electron chi connectivity index (χ1n) is 19.0. The van der Waals surface area contributed by atoms with Gasteiger partial charge >= 0.3 is 0 Å². The SMILES string of the molecule is c1ccc2c(c1)ccc1c2oc2cccc(-c3ccc(N(c4ccc(-n5c6ccccc6c6ccccc65)cc4)c4ccc5oc6ccccc6c5c4)cc3)c21. The Morgan fingerprint density at radius 3 is 1.75 bits per heavy atom. The molecule has 0 N–H and O–H groups in total. The molecule has 0 atom stereocenters. The van der Waals surface area contributed by atoms with Crippen molar-refractivity contribution in [2.24, 2.45) is 0 Å². The number of benzene rings is 9. The first-order valence-corrected chi connectivity index (χ1v) is 19.0. The van der Waals surface area contributed by atoms with Crippen molar-refractivity contribution in [3.8, 4) is 16.8 Å². The van der Waals surface area contributed by atoms with Crippen LogP contribution in [-0.4, -0.2) is 4.57 Å². The lowest BCUT2D eigenvalue weighted by atomic mass is 9.98. The molecule has 0 saturated heterocycles. The molecule has 12 aromatic rings. The maximum Gasteiger partial charge on any atom is 0.143 e. The van der Waals surface area contributed by atoms with Gasteiger partial charge in [0.1, 0.15) is 22.3 Å². The maximum absolute atomic E-state index is 6.53. The Hall–Kier alpha value is -7.56. The summed E-state index contributed by atoms with van der Waals surface area (Å²) in [5.41, 5.74) is 12.5. The molecule has 0 aliphatic carbocycles. The van der Waals surface area contributed by atoms with Crippen LogP contribution in [0.5, 0.6) is 0 Å². The summed E-state index contributed by atoms with van der Waals surface area (Å²) < 4.78 is 15.1. The number of nitrogens with zero attached hydrogens (tertiary/aromatic N) is 2. The lowest BCUT2D eigenvalue weighted by Gasteiger charge is -2.26. The van der Waals surface area contributed by atoms with Gasteiger partial charge in [-0.05, 0) is 101 Å². The summed E-state index contributed by atoms with van der Waals surface area (Å²) in [5, 5.41) is 9.27. The van der Waals surface area contributed by atoms with Crippen LogP contribution in [-0.2, 0) is 0 Å². The second-order valence-corrected chi connectivity index (χ2v) is 14.5. The first-order chi connectivity index (χ1) is 27.8. The maximum atomic E-state index is 6.53. The van der Waals surface area contributed by atoms with Crippen molar-refractivity contribution in [2.45, 2.75) is 0 Å². The van der Waals surface area contributed by atoms with Crippen LogP contribution < -0.4 is 4.90 Å². The van der Waals surface area contributed by atoms with Crippen LogP contribution >= 0.6 is 0 Å². The van der Waals surface area contributed by atoms with E-state index >= 15 is 0 Å². The van der Waals surface area contributed by atoms with E-state index in [1.54, 1.807) is 0 Å². The van der Waals surface area contributed by atoms with E-state index in [9.17, 15) is 0 Å². The molecule has 0 aliphatic heterocycles. The van der Waals surface area contributed by atoms with Gasteiger partial charge in [0.15, 0.2) is 0 Å². The van der Waals surface area contributed by atoms with Gasteiger partial charge in [-0.25, -0.2) is 0 Å². The summed E-state index contributed by atoms with van der Waals surface area (Å²) in [6.45, 7) is 0. The number of hydrogen-bond donors (Lipinski definition) is 0. The van der Waals surface area contributed by atoms with Gasteiger partial charge in [0.25, 0.3) is 0 Å². The molecule has 262 valence electrons. The van der Waals surface area contributed by atoms with Crippen LogP contribution in [0.1, 0.15) is 0 Å². The van der Waals surface area contributed by atoms with Gasteiger partial charge in [-0.3, -0.25) is 0 Å². The largest absolute Gasteiger partial charge is 0.456 e. The van der Waals surface area contributed by atoms with Crippen molar-refractivity contribution in [3.63, 3.8) is 0 Å². The summed E-state index contributed by atoms with van der Waals surface area (Å²) in [6, 6.07) is 69.1. The average molecular weight is 717 g/mol. The molecule has 0 bridgehead atoms. The van der Waals surface area contributed by atoms with Gasteiger partial charge in [-0.2, -0.15) is 0 Å². The van der Waals surface area contributed by atoms with E-state index in [1.165, 1.54) is 27.2 Å². The number of para-hydroxylation sites is 3. The topological polar surface area (TPSA) is 34.5 Å². The minimum Gasteiger partial charge on any atom is -0.456 e. The van der Waals surface area contributed by atoms with Gasteiger partial charge in [0.05, 0.1) is 11.0 Å². The van der Waals surface area contributed by atoms with Crippen LogP contribution in [0, 0.1) is 0 Å². The van der Waals surface area contributed by atoms with Gasteiger partial charge in [0, 0.05) is 60.5 Å². The minimum absolute atomic E-state index is 0.875. The first kappa shape index (κ1) is 30.9. The van der Waals surface area contributed by atoms with Crippen molar-refractivity contribution in [1.29, 1.82) is 0 Å². The number of rotatable bonds is 5. The molecule has 0 aliphatic rings. The quantitative estimate of drug-likeness (QED) is 0.178. The predicted molar refractivity (Wildman–Crippen MR) is 233 cm³/mol. The van der Waals surface area contributed by atoms with Crippen LogP contribution in [0.3, 0.4) is 0 Å². The van der Waals surface area contributed by atoms with Gasteiger partial charge in [-0.15, -0.1) is 0 Å². The average Bonchev–Trinajstić information content (AvgIpc) is 3.94. The zero-order valence-corrected chi connectivity index (χ0v) is 30.2. The number of fused-ring (bicyclic) bond motifs is 11. The normalized spacial score (nSPS) is 11.9. The van der Waals surface area contributed by atoms with Gasteiger partial charge in [0.2, 0.25) is 0 Å². The summed E-state index contributed by atoms with van der Waals surface area (Å²) in [7, 11) is 0. The van der Waals surface area contributed by atoms with E-state index in [2.05, 4.69) is 191 Å². The highest BCUT2D eigenvalue weighted by Crippen LogP contribution is 2.43. The molecule has 3 heterocycles. The highest BCUT2D eigenvalue weighted by atomic mass is 16.3. The third-order valence-corrected chi connectivity index (χ3v) is 11.4. The highest BCUT2D eigenvalue weighted by Gasteiger charge is 2.19. The van der Waals surface area contributed by atoms with Crippen molar-refractivity contribution in [1.82, 2.24) is 4.57 Å². The van der Waals surface area contributed by atoms with E-state index in [0.717, 1.165) is 83.1 Å². The second kappa shape index (κ2) is 12.0. The predicted octanol–water partition coefficient (Wildman–Crippen LogP) is 14.9. The molecule has 9 aromatic carbocycles. The molecule has 0 unspecified atom stereocenters. The second-order valence-electron chi connectivity index (χ2n) is 14.5. The van der Waals surface area contributed by atoms with E-state index < -0.39 is 0 Å². The lowest BCUT2D eigenvalue weighted by Crippen LogP contribution is -2.10. The third-order valence-electron chi connectivity index (χ3n) is 11.4. The van der Waals surface area contributed by atoms with Crippen molar-refractivity contribution < 1.29 is 8.83 Å². The number of aromatic nitrogens is 1. The molecule has 0 radical (unpaired) electrons. The lowest BCUT2D eigenvalue weighted by molar-refractivity contribution is 0.669. The van der Waals surface area contributed by atoms with Crippen molar-refractivity contribution in [2.75, 3.05) is 4.90 Å². The molecule has 12 rings (SSSR count). The van der Waals surface area contributed by atoms with E-state index in [1.807, 2.05) is 12.1 Å². The minimum atomic E-state index is 0.875. The smallest absolute Gasteiger partial charge is 0.143 e. The van der Waals surface area contributed by atoms with Crippen LogP contribution in [0.2, 0.25) is 0 Å². The van der Waals surface area contributed by atoms with E-state index in [-0.39, 0.29) is 0 Å². The summed E-state index contributed by atoms with van der Waals surface area (Å²) in [5.74, 6) is 0. The van der Waals surface area contributed by atoms with Crippen molar-refractivity contribution >= 4 is 93.5 Å². The fourth-order valence-corrected chi connectivity index (χ4v) is 8.84. The number of hydrogen-bond acceptors (Lipinski definition) is 3. The van der Waals surface area contributed by atoms with Gasteiger partial charge < -0.3 is 18.3 Å². The Labute approximate surface area is 321 Å². The van der Waals surface area contributed by atoms with E-state index in [4.69, 9.17) is 8.83 Å². The highest BCUT2D eigenvalue weighted by molar-refractivity contribution is 6.19. The fourth-order valence-electron chi connectivity index (χ4n) is 8.84. The molecule has 0 amide bonds. The number of anilines is 3. The zero-order chi connectivity index (χ0) is 36.7. The Morgan fingerprint density at radius 1 is 0.375 bits per heavy atom. The summed E-state index contributed by atoms with van der Waals surface area (Å²) in [4.78, 5) is 2.33. The Morgan fingerprint density at radius 2 is 0.982 bits per heavy atom. The Balaban J connectivity index is 1.00. The molecular formula is C52H32N2O2. The standard InChI is InChI=1S/C52H32N2O2/c1-2-11-40-33(10-1)22-30-44-51-39(15-9-19-50(51)56-52(40)44)34-20-23-35(24-21-34)53(38-29-31-49-45(32-38)43-14-5-8-18-48(43)55-49)36-25-27-37(28-26-36)54-46-16-6-3-12-41(46)42-13-4-7-17-47(42)54/h1-32H. The molecular weight excluding hydrogens is 685 g/mol. The van der Waals surface area contributed by atoms with Crippen LogP contribution in [0.25, 0.3) is 93.3 Å².